The highest BCUT2D eigenvalue weighted by Gasteiger charge is 2.12. The molecule has 0 aliphatic carbocycles. The SMILES string of the molecule is O=C(Cn1c(=O)[nH]c2ccccc21)Nc1cc(Cl)cc(C(=O)O)c1. The van der Waals surface area contributed by atoms with Crippen LogP contribution in [0.15, 0.2) is 47.3 Å². The van der Waals surface area contributed by atoms with Crippen LogP contribution in [0.2, 0.25) is 5.02 Å². The molecule has 0 fully saturated rings. The Hall–Kier alpha value is -3.06. The largest absolute Gasteiger partial charge is 0.478 e. The van der Waals surface area contributed by atoms with Crippen molar-refractivity contribution in [3.8, 4) is 0 Å². The zero-order valence-corrected chi connectivity index (χ0v) is 13.0. The first-order chi connectivity index (χ1) is 11.4. The van der Waals surface area contributed by atoms with Gasteiger partial charge in [-0.1, -0.05) is 23.7 Å². The quantitative estimate of drug-likeness (QED) is 0.675. The lowest BCUT2D eigenvalue weighted by molar-refractivity contribution is -0.116. The Morgan fingerprint density at radius 2 is 1.96 bits per heavy atom. The van der Waals surface area contributed by atoms with Gasteiger partial charge in [-0.2, -0.15) is 0 Å². The molecule has 0 aliphatic heterocycles. The summed E-state index contributed by atoms with van der Waals surface area (Å²) in [6, 6.07) is 11.0. The van der Waals surface area contributed by atoms with Crippen molar-refractivity contribution < 1.29 is 14.7 Å². The van der Waals surface area contributed by atoms with Gasteiger partial charge in [-0.05, 0) is 30.3 Å². The molecule has 0 saturated heterocycles. The molecule has 0 aliphatic rings. The van der Waals surface area contributed by atoms with E-state index >= 15 is 0 Å². The number of hydrogen-bond donors (Lipinski definition) is 3. The van der Waals surface area contributed by atoms with Gasteiger partial charge >= 0.3 is 11.7 Å². The van der Waals surface area contributed by atoms with E-state index in [2.05, 4.69) is 10.3 Å². The number of fused-ring (bicyclic) bond motifs is 1. The highest BCUT2D eigenvalue weighted by atomic mass is 35.5. The fraction of sp³-hybridized carbons (Fsp3) is 0.0625. The minimum absolute atomic E-state index is 0.0398. The Morgan fingerprint density at radius 1 is 1.21 bits per heavy atom. The van der Waals surface area contributed by atoms with Crippen molar-refractivity contribution in [3.05, 3.63) is 63.5 Å². The minimum Gasteiger partial charge on any atom is -0.478 e. The molecule has 7 nitrogen and oxygen atoms in total. The number of H-pyrrole nitrogens is 1. The summed E-state index contributed by atoms with van der Waals surface area (Å²) in [6.45, 7) is -0.211. The third-order valence-corrected chi connectivity index (χ3v) is 3.63. The molecule has 0 bridgehead atoms. The number of para-hydroxylation sites is 2. The van der Waals surface area contributed by atoms with Gasteiger partial charge in [-0.25, -0.2) is 9.59 Å². The minimum atomic E-state index is -1.15. The summed E-state index contributed by atoms with van der Waals surface area (Å²) < 4.78 is 1.30. The normalized spacial score (nSPS) is 10.7. The smallest absolute Gasteiger partial charge is 0.335 e. The molecule has 0 radical (unpaired) electrons. The van der Waals surface area contributed by atoms with E-state index < -0.39 is 17.6 Å². The molecule has 0 saturated carbocycles. The monoisotopic (exact) mass is 345 g/mol. The van der Waals surface area contributed by atoms with Crippen molar-refractivity contribution in [2.45, 2.75) is 6.54 Å². The van der Waals surface area contributed by atoms with Crippen molar-refractivity contribution in [2.24, 2.45) is 0 Å². The van der Waals surface area contributed by atoms with Crippen molar-refractivity contribution in [2.75, 3.05) is 5.32 Å². The van der Waals surface area contributed by atoms with E-state index in [4.69, 9.17) is 16.7 Å². The number of aromatic amines is 1. The standard InChI is InChI=1S/C16H12ClN3O4/c17-10-5-9(15(22)23)6-11(7-10)18-14(21)8-20-13-4-2-1-3-12(13)19-16(20)24/h1-7H,8H2,(H,18,21)(H,19,24)(H,22,23). The van der Waals surface area contributed by atoms with Crippen LogP contribution < -0.4 is 11.0 Å². The predicted octanol–water partition coefficient (Wildman–Crippen LogP) is 2.32. The Bertz CT molecular complexity index is 1010. The Balaban J connectivity index is 1.84. The van der Waals surface area contributed by atoms with Crippen LogP contribution in [0.1, 0.15) is 10.4 Å². The molecular formula is C16H12ClN3O4. The number of carboxylic acid groups (broad SMARTS) is 1. The number of nitrogens with one attached hydrogen (secondary N) is 2. The highest BCUT2D eigenvalue weighted by Crippen LogP contribution is 2.19. The maximum absolute atomic E-state index is 12.2. The maximum atomic E-state index is 12.2. The number of carbonyl (C=O) groups is 2. The first-order valence-electron chi connectivity index (χ1n) is 6.95. The van der Waals surface area contributed by atoms with Crippen LogP contribution in [0, 0.1) is 0 Å². The summed E-state index contributed by atoms with van der Waals surface area (Å²) in [6.07, 6.45) is 0. The number of imidazole rings is 1. The second kappa shape index (κ2) is 6.21. The van der Waals surface area contributed by atoms with E-state index in [9.17, 15) is 14.4 Å². The molecule has 0 spiro atoms. The van der Waals surface area contributed by atoms with Gasteiger partial charge in [-0.3, -0.25) is 9.36 Å². The molecule has 0 atom stereocenters. The number of carbonyl (C=O) groups excluding carboxylic acids is 1. The molecule has 122 valence electrons. The molecule has 1 aromatic heterocycles. The second-order valence-electron chi connectivity index (χ2n) is 5.12. The fourth-order valence-corrected chi connectivity index (χ4v) is 2.63. The van der Waals surface area contributed by atoms with E-state index in [1.165, 1.54) is 22.8 Å². The molecule has 2 aromatic carbocycles. The van der Waals surface area contributed by atoms with Gasteiger partial charge in [0.15, 0.2) is 0 Å². The lowest BCUT2D eigenvalue weighted by Crippen LogP contribution is -2.25. The van der Waals surface area contributed by atoms with Gasteiger partial charge in [0.2, 0.25) is 5.91 Å². The third kappa shape index (κ3) is 3.16. The van der Waals surface area contributed by atoms with Crippen LogP contribution in [0.4, 0.5) is 5.69 Å². The molecule has 8 heteroatoms. The van der Waals surface area contributed by atoms with Crippen LogP contribution >= 0.6 is 11.6 Å². The van der Waals surface area contributed by atoms with Gasteiger partial charge in [0, 0.05) is 10.7 Å². The van der Waals surface area contributed by atoms with E-state index in [0.29, 0.717) is 11.0 Å². The Morgan fingerprint density at radius 3 is 2.71 bits per heavy atom. The van der Waals surface area contributed by atoms with Crippen LogP contribution in [0.3, 0.4) is 0 Å². The summed E-state index contributed by atoms with van der Waals surface area (Å²) in [4.78, 5) is 37.8. The highest BCUT2D eigenvalue weighted by molar-refractivity contribution is 6.31. The zero-order chi connectivity index (χ0) is 17.3. The lowest BCUT2D eigenvalue weighted by Gasteiger charge is -2.08. The van der Waals surface area contributed by atoms with Crippen molar-refractivity contribution in [3.63, 3.8) is 0 Å². The van der Waals surface area contributed by atoms with Gasteiger partial charge in [-0.15, -0.1) is 0 Å². The first kappa shape index (κ1) is 15.8. The molecular weight excluding hydrogens is 334 g/mol. The summed E-state index contributed by atoms with van der Waals surface area (Å²) >= 11 is 5.85. The fourth-order valence-electron chi connectivity index (χ4n) is 2.39. The zero-order valence-electron chi connectivity index (χ0n) is 12.2. The van der Waals surface area contributed by atoms with E-state index in [0.717, 1.165) is 0 Å². The topological polar surface area (TPSA) is 104 Å². The molecule has 24 heavy (non-hydrogen) atoms. The average molecular weight is 346 g/mol. The number of halogens is 1. The van der Waals surface area contributed by atoms with Gasteiger partial charge in [0.25, 0.3) is 0 Å². The number of nitrogens with zero attached hydrogens (tertiary/aromatic N) is 1. The molecule has 3 aromatic rings. The number of benzene rings is 2. The van der Waals surface area contributed by atoms with Gasteiger partial charge < -0.3 is 15.4 Å². The number of hydrogen-bond acceptors (Lipinski definition) is 3. The van der Waals surface area contributed by atoms with E-state index in [1.807, 2.05) is 0 Å². The molecule has 1 amide bonds. The van der Waals surface area contributed by atoms with Crippen LogP contribution in [-0.2, 0) is 11.3 Å². The average Bonchev–Trinajstić information content (AvgIpc) is 2.82. The number of carboxylic acids is 1. The van der Waals surface area contributed by atoms with Gasteiger partial charge in [0.05, 0.1) is 16.6 Å². The van der Waals surface area contributed by atoms with E-state index in [-0.39, 0.29) is 22.8 Å². The van der Waals surface area contributed by atoms with Crippen LogP contribution in [0.25, 0.3) is 11.0 Å². The molecule has 3 rings (SSSR count). The van der Waals surface area contributed by atoms with Crippen LogP contribution in [-0.4, -0.2) is 26.5 Å². The first-order valence-corrected chi connectivity index (χ1v) is 7.33. The lowest BCUT2D eigenvalue weighted by atomic mass is 10.2. The Kier molecular flexibility index (Phi) is 4.09. The number of aromatic nitrogens is 2. The number of anilines is 1. The number of amides is 1. The molecule has 3 N–H and O–H groups in total. The van der Waals surface area contributed by atoms with Crippen molar-refractivity contribution in [1.29, 1.82) is 0 Å². The number of rotatable bonds is 4. The third-order valence-electron chi connectivity index (χ3n) is 3.41. The van der Waals surface area contributed by atoms with Gasteiger partial charge in [0.1, 0.15) is 6.54 Å². The second-order valence-corrected chi connectivity index (χ2v) is 5.55. The summed E-state index contributed by atoms with van der Waals surface area (Å²) in [5.74, 6) is -1.62. The van der Waals surface area contributed by atoms with Crippen molar-refractivity contribution >= 4 is 40.2 Å². The summed E-state index contributed by atoms with van der Waals surface area (Å²) in [5.41, 5.74) is 1.05. The summed E-state index contributed by atoms with van der Waals surface area (Å²) in [5, 5.41) is 11.7. The maximum Gasteiger partial charge on any atom is 0.335 e. The summed E-state index contributed by atoms with van der Waals surface area (Å²) in [7, 11) is 0. The number of aromatic carboxylic acids is 1. The molecule has 0 unspecified atom stereocenters. The van der Waals surface area contributed by atoms with E-state index in [1.54, 1.807) is 24.3 Å². The van der Waals surface area contributed by atoms with Crippen molar-refractivity contribution in [1.82, 2.24) is 9.55 Å². The predicted molar refractivity (Wildman–Crippen MR) is 89.6 cm³/mol. The van der Waals surface area contributed by atoms with Crippen LogP contribution in [0.5, 0.6) is 0 Å². The molecule has 1 heterocycles. The Labute approximate surface area is 140 Å².